The number of likely N-dealkylation sites (tertiary alicyclic amines) is 1. The fourth-order valence-corrected chi connectivity index (χ4v) is 5.72. The smallest absolute Gasteiger partial charge is 0.248 e. The molecule has 2 aromatic heterocycles. The van der Waals surface area contributed by atoms with Gasteiger partial charge in [0.1, 0.15) is 0 Å². The van der Waals surface area contributed by atoms with E-state index in [0.717, 1.165) is 69.5 Å². The molecule has 4 aromatic rings. The Kier molecular flexibility index (Phi) is 8.39. The van der Waals surface area contributed by atoms with Crippen LogP contribution < -0.4 is 5.56 Å². The number of hydrogen-bond donors (Lipinski definition) is 1. The van der Waals surface area contributed by atoms with Gasteiger partial charge in [0.15, 0.2) is 0 Å². The van der Waals surface area contributed by atoms with Crippen LogP contribution in [0.5, 0.6) is 0 Å². The van der Waals surface area contributed by atoms with Crippen molar-refractivity contribution in [3.8, 4) is 11.1 Å². The summed E-state index contributed by atoms with van der Waals surface area (Å²) in [5.74, 6) is 0.622. The van der Waals surface area contributed by atoms with Gasteiger partial charge in [-0.2, -0.15) is 0 Å². The normalized spacial score (nSPS) is 15.7. The molecule has 6 nitrogen and oxygen atoms in total. The number of pyridine rings is 1. The highest BCUT2D eigenvalue weighted by Gasteiger charge is 2.27. The number of H-pyrrole nitrogens is 1. The number of rotatable bonds is 10. The molecule has 1 aliphatic rings. The van der Waals surface area contributed by atoms with Crippen LogP contribution in [0.1, 0.15) is 49.3 Å². The van der Waals surface area contributed by atoms with Gasteiger partial charge in [-0.1, -0.05) is 42.5 Å². The summed E-state index contributed by atoms with van der Waals surface area (Å²) in [5.41, 5.74) is 5.66. The molecule has 1 N–H and O–H groups in total. The average molecular weight is 512 g/mol. The van der Waals surface area contributed by atoms with Crippen LogP contribution in [0.4, 0.5) is 0 Å². The molecule has 5 rings (SSSR count). The Morgan fingerprint density at radius 2 is 1.87 bits per heavy atom. The number of para-hydroxylation sites is 1. The first-order valence-corrected chi connectivity index (χ1v) is 13.8. The van der Waals surface area contributed by atoms with Crippen molar-refractivity contribution in [3.63, 3.8) is 0 Å². The molecule has 1 amide bonds. The quantitative estimate of drug-likeness (QED) is 0.275. The SMILES string of the molecule is COCCCn1c(C2CCCN(C(=O)CCCc3ccc(-c4cc[nH]c(=O)c4)cc3)C2)cc2ccccc21. The van der Waals surface area contributed by atoms with Crippen LogP contribution in [-0.4, -0.2) is 47.2 Å². The monoisotopic (exact) mass is 511 g/mol. The van der Waals surface area contributed by atoms with Gasteiger partial charge in [-0.15, -0.1) is 0 Å². The maximum absolute atomic E-state index is 13.2. The third-order valence-corrected chi connectivity index (χ3v) is 7.68. The molecule has 198 valence electrons. The molecule has 0 aliphatic carbocycles. The van der Waals surface area contributed by atoms with Gasteiger partial charge in [-0.3, -0.25) is 9.59 Å². The molecule has 0 bridgehead atoms. The summed E-state index contributed by atoms with van der Waals surface area (Å²) in [6.45, 7) is 3.32. The van der Waals surface area contributed by atoms with Crippen LogP contribution in [0, 0.1) is 0 Å². The molecule has 3 heterocycles. The van der Waals surface area contributed by atoms with Gasteiger partial charge in [-0.25, -0.2) is 0 Å². The Morgan fingerprint density at radius 1 is 1.03 bits per heavy atom. The van der Waals surface area contributed by atoms with Gasteiger partial charge >= 0.3 is 0 Å². The number of ether oxygens (including phenoxy) is 1. The molecule has 6 heteroatoms. The number of benzene rings is 2. The Morgan fingerprint density at radius 3 is 2.68 bits per heavy atom. The Hall–Kier alpha value is -3.64. The third kappa shape index (κ3) is 6.08. The molecule has 38 heavy (non-hydrogen) atoms. The van der Waals surface area contributed by atoms with Gasteiger partial charge in [0.05, 0.1) is 0 Å². The first-order valence-electron chi connectivity index (χ1n) is 13.8. The Bertz CT molecular complexity index is 1420. The van der Waals surface area contributed by atoms with Crippen molar-refractivity contribution in [2.24, 2.45) is 0 Å². The molecular formula is C32H37N3O3. The lowest BCUT2D eigenvalue weighted by molar-refractivity contribution is -0.132. The number of methoxy groups -OCH3 is 1. The van der Waals surface area contributed by atoms with E-state index < -0.39 is 0 Å². The number of nitrogens with one attached hydrogen (secondary N) is 1. The number of carbonyl (C=O) groups excluding carboxylic acids is 1. The van der Waals surface area contributed by atoms with E-state index in [4.69, 9.17) is 4.74 Å². The summed E-state index contributed by atoms with van der Waals surface area (Å²) < 4.78 is 7.75. The zero-order chi connectivity index (χ0) is 26.3. The van der Waals surface area contributed by atoms with E-state index in [0.29, 0.717) is 12.3 Å². The summed E-state index contributed by atoms with van der Waals surface area (Å²) in [6.07, 6.45) is 7.07. The predicted molar refractivity (Wildman–Crippen MR) is 152 cm³/mol. The van der Waals surface area contributed by atoms with E-state index in [1.807, 2.05) is 18.2 Å². The second kappa shape index (κ2) is 12.3. The van der Waals surface area contributed by atoms with Crippen molar-refractivity contribution in [1.29, 1.82) is 0 Å². The number of hydrogen-bond acceptors (Lipinski definition) is 3. The number of nitrogens with zero attached hydrogens (tertiary/aromatic N) is 2. The van der Waals surface area contributed by atoms with E-state index in [2.05, 4.69) is 56.9 Å². The first-order chi connectivity index (χ1) is 18.6. The van der Waals surface area contributed by atoms with Gasteiger partial charge in [0.2, 0.25) is 11.5 Å². The lowest BCUT2D eigenvalue weighted by atomic mass is 9.94. The van der Waals surface area contributed by atoms with Crippen molar-refractivity contribution in [2.75, 3.05) is 26.8 Å². The van der Waals surface area contributed by atoms with Gasteiger partial charge in [0, 0.05) is 69.2 Å². The van der Waals surface area contributed by atoms with E-state index in [-0.39, 0.29) is 11.5 Å². The standard InChI is InChI=1S/C32H37N3O3/c1-38-20-6-19-35-29-10-3-2-8-27(29)21-30(35)28-9-5-18-34(23-28)32(37)11-4-7-24-12-14-25(15-13-24)26-16-17-33-31(36)22-26/h2-3,8,10,12-17,21-22,28H,4-7,9,11,18-20,23H2,1H3,(H,33,36). The maximum atomic E-state index is 13.2. The topological polar surface area (TPSA) is 67.3 Å². The summed E-state index contributed by atoms with van der Waals surface area (Å²) in [4.78, 5) is 29.5. The van der Waals surface area contributed by atoms with E-state index in [9.17, 15) is 9.59 Å². The largest absolute Gasteiger partial charge is 0.385 e. The summed E-state index contributed by atoms with van der Waals surface area (Å²) >= 11 is 0. The highest BCUT2D eigenvalue weighted by molar-refractivity contribution is 5.81. The fraction of sp³-hybridized carbons (Fsp3) is 0.375. The molecule has 0 radical (unpaired) electrons. The van der Waals surface area contributed by atoms with Crippen molar-refractivity contribution < 1.29 is 9.53 Å². The van der Waals surface area contributed by atoms with Gasteiger partial charge < -0.3 is 19.2 Å². The lowest BCUT2D eigenvalue weighted by Gasteiger charge is -2.33. The Labute approximate surface area is 224 Å². The van der Waals surface area contributed by atoms with Crippen LogP contribution in [0.25, 0.3) is 22.0 Å². The fourth-order valence-electron chi connectivity index (χ4n) is 5.72. The minimum atomic E-state index is -0.0994. The average Bonchev–Trinajstić information content (AvgIpc) is 3.32. The number of amides is 1. The molecule has 2 aromatic carbocycles. The zero-order valence-electron chi connectivity index (χ0n) is 22.2. The van der Waals surface area contributed by atoms with Crippen LogP contribution in [0.15, 0.2) is 77.7 Å². The molecule has 1 aliphatic heterocycles. The molecule has 1 unspecified atom stereocenters. The lowest BCUT2D eigenvalue weighted by Crippen LogP contribution is -2.39. The molecule has 0 spiro atoms. The highest BCUT2D eigenvalue weighted by atomic mass is 16.5. The number of carbonyl (C=O) groups is 1. The summed E-state index contributed by atoms with van der Waals surface area (Å²) in [6, 6.07) is 22.7. The van der Waals surface area contributed by atoms with Crippen molar-refractivity contribution in [1.82, 2.24) is 14.5 Å². The summed E-state index contributed by atoms with van der Waals surface area (Å²) in [7, 11) is 1.75. The number of fused-ring (bicyclic) bond motifs is 1. The summed E-state index contributed by atoms with van der Waals surface area (Å²) in [5, 5.41) is 1.27. The molecule has 1 fully saturated rings. The van der Waals surface area contributed by atoms with Crippen molar-refractivity contribution in [2.45, 2.75) is 51.0 Å². The molecule has 1 atom stereocenters. The van der Waals surface area contributed by atoms with Gasteiger partial charge in [0.25, 0.3) is 0 Å². The van der Waals surface area contributed by atoms with Crippen LogP contribution >= 0.6 is 0 Å². The van der Waals surface area contributed by atoms with E-state index >= 15 is 0 Å². The highest BCUT2D eigenvalue weighted by Crippen LogP contribution is 2.32. The van der Waals surface area contributed by atoms with Crippen LogP contribution in [-0.2, 0) is 22.5 Å². The van der Waals surface area contributed by atoms with E-state index in [1.165, 1.54) is 22.2 Å². The van der Waals surface area contributed by atoms with Gasteiger partial charge in [-0.05, 0) is 72.4 Å². The van der Waals surface area contributed by atoms with Crippen molar-refractivity contribution in [3.05, 3.63) is 94.5 Å². The number of piperidine rings is 1. The zero-order valence-corrected chi connectivity index (χ0v) is 22.2. The number of aryl methyl sites for hydroxylation is 2. The first kappa shape index (κ1) is 26.0. The van der Waals surface area contributed by atoms with Crippen LogP contribution in [0.3, 0.4) is 0 Å². The number of aromatic amines is 1. The van der Waals surface area contributed by atoms with Crippen molar-refractivity contribution >= 4 is 16.8 Å². The van der Waals surface area contributed by atoms with E-state index in [1.54, 1.807) is 19.4 Å². The number of aromatic nitrogens is 2. The second-order valence-electron chi connectivity index (χ2n) is 10.3. The minimum absolute atomic E-state index is 0.0994. The maximum Gasteiger partial charge on any atom is 0.248 e. The molecular weight excluding hydrogens is 474 g/mol. The van der Waals surface area contributed by atoms with Crippen LogP contribution in [0.2, 0.25) is 0 Å². The minimum Gasteiger partial charge on any atom is -0.385 e. The molecule has 1 saturated heterocycles. The predicted octanol–water partition coefficient (Wildman–Crippen LogP) is 5.76. The second-order valence-corrected chi connectivity index (χ2v) is 10.3. The molecule has 0 saturated carbocycles. The third-order valence-electron chi connectivity index (χ3n) is 7.68. The Balaban J connectivity index is 1.18.